The first kappa shape index (κ1) is 19.2. The van der Waals surface area contributed by atoms with Crippen LogP contribution in [-0.4, -0.2) is 26.3 Å². The molecule has 28 heavy (non-hydrogen) atoms. The van der Waals surface area contributed by atoms with Gasteiger partial charge in [-0.1, -0.05) is 35.3 Å². The van der Waals surface area contributed by atoms with E-state index in [1.54, 1.807) is 0 Å². The summed E-state index contributed by atoms with van der Waals surface area (Å²) in [4.78, 5) is 2.25. The van der Waals surface area contributed by atoms with E-state index in [4.69, 9.17) is 32.4 Å². The van der Waals surface area contributed by atoms with Gasteiger partial charge in [0.25, 0.3) is 0 Å². The molecule has 4 rings (SSSR count). The predicted molar refractivity (Wildman–Crippen MR) is 116 cm³/mol. The molecule has 2 aromatic carbocycles. The summed E-state index contributed by atoms with van der Waals surface area (Å²) in [5.74, 6) is 1.67. The molecule has 1 fully saturated rings. The first-order valence-electron chi connectivity index (χ1n) is 9.32. The molecule has 4 nitrogen and oxygen atoms in total. The Morgan fingerprint density at radius 1 is 1.00 bits per heavy atom. The minimum Gasteiger partial charge on any atom is -0.459 e. The van der Waals surface area contributed by atoms with E-state index in [0.717, 1.165) is 70.4 Å². The number of rotatable bonds is 5. The second kappa shape index (κ2) is 8.48. The van der Waals surface area contributed by atoms with Crippen LogP contribution < -0.4 is 10.2 Å². The van der Waals surface area contributed by atoms with Crippen LogP contribution in [0.3, 0.4) is 0 Å². The molecule has 0 aliphatic carbocycles. The van der Waals surface area contributed by atoms with Gasteiger partial charge in [0.1, 0.15) is 11.5 Å². The Balaban J connectivity index is 1.43. The third-order valence-corrected chi connectivity index (χ3v) is 5.67. The molecule has 1 N–H and O–H groups in total. The standard InChI is InChI=1S/C22H22Cl2N2O2/c1-15-18(3-2-4-19(15)23)22-8-6-17(28-22)14-25-16-5-7-21(20(24)13-16)26-9-11-27-12-10-26/h2-8,13,25H,9-12,14H2,1H3. The lowest BCUT2D eigenvalue weighted by Crippen LogP contribution is -2.36. The van der Waals surface area contributed by atoms with Crippen molar-refractivity contribution in [2.24, 2.45) is 0 Å². The van der Waals surface area contributed by atoms with Gasteiger partial charge in [-0.15, -0.1) is 0 Å². The van der Waals surface area contributed by atoms with Crippen LogP contribution in [-0.2, 0) is 11.3 Å². The summed E-state index contributed by atoms with van der Waals surface area (Å²) in [7, 11) is 0. The lowest BCUT2D eigenvalue weighted by Gasteiger charge is -2.29. The summed E-state index contributed by atoms with van der Waals surface area (Å²) >= 11 is 12.7. The number of morpholine rings is 1. The van der Waals surface area contributed by atoms with E-state index in [0.29, 0.717) is 6.54 Å². The number of furan rings is 1. The van der Waals surface area contributed by atoms with Crippen LogP contribution in [0.4, 0.5) is 11.4 Å². The Hall–Kier alpha value is -2.14. The van der Waals surface area contributed by atoms with E-state index < -0.39 is 0 Å². The van der Waals surface area contributed by atoms with Crippen molar-refractivity contribution in [3.05, 3.63) is 69.9 Å². The molecule has 0 bridgehead atoms. The summed E-state index contributed by atoms with van der Waals surface area (Å²) in [5.41, 5.74) is 4.03. The van der Waals surface area contributed by atoms with Gasteiger partial charge in [-0.05, 0) is 48.9 Å². The van der Waals surface area contributed by atoms with Crippen molar-refractivity contribution in [2.45, 2.75) is 13.5 Å². The largest absolute Gasteiger partial charge is 0.459 e. The third-order valence-electron chi connectivity index (χ3n) is 4.96. The van der Waals surface area contributed by atoms with Crippen LogP contribution in [0, 0.1) is 6.92 Å². The van der Waals surface area contributed by atoms with Crippen molar-refractivity contribution in [3.63, 3.8) is 0 Å². The van der Waals surface area contributed by atoms with E-state index in [2.05, 4.69) is 16.3 Å². The van der Waals surface area contributed by atoms with Gasteiger partial charge in [-0.3, -0.25) is 0 Å². The molecule has 0 unspecified atom stereocenters. The first-order chi connectivity index (χ1) is 13.6. The van der Waals surface area contributed by atoms with Crippen molar-refractivity contribution in [1.82, 2.24) is 0 Å². The van der Waals surface area contributed by atoms with Gasteiger partial charge in [0, 0.05) is 29.4 Å². The molecule has 0 saturated carbocycles. The Morgan fingerprint density at radius 2 is 1.82 bits per heavy atom. The average Bonchev–Trinajstić information content (AvgIpc) is 3.18. The van der Waals surface area contributed by atoms with Crippen LogP contribution in [0.25, 0.3) is 11.3 Å². The lowest BCUT2D eigenvalue weighted by molar-refractivity contribution is 0.122. The molecule has 6 heteroatoms. The van der Waals surface area contributed by atoms with Crippen LogP contribution in [0.2, 0.25) is 10.0 Å². The Bertz CT molecular complexity index is 965. The fraction of sp³-hybridized carbons (Fsp3) is 0.273. The number of hydrogen-bond acceptors (Lipinski definition) is 4. The topological polar surface area (TPSA) is 37.6 Å². The van der Waals surface area contributed by atoms with E-state index in [9.17, 15) is 0 Å². The van der Waals surface area contributed by atoms with E-state index in [1.807, 2.05) is 49.4 Å². The number of anilines is 2. The molecule has 1 aliphatic heterocycles. The molecule has 1 aromatic heterocycles. The van der Waals surface area contributed by atoms with Crippen molar-refractivity contribution in [2.75, 3.05) is 36.5 Å². The first-order valence-corrected chi connectivity index (χ1v) is 10.1. The van der Waals surface area contributed by atoms with Gasteiger partial charge in [0.05, 0.1) is 30.5 Å². The fourth-order valence-electron chi connectivity index (χ4n) is 3.36. The van der Waals surface area contributed by atoms with E-state index >= 15 is 0 Å². The molecule has 0 spiro atoms. The fourth-order valence-corrected chi connectivity index (χ4v) is 3.83. The second-order valence-electron chi connectivity index (χ2n) is 6.80. The molecule has 0 radical (unpaired) electrons. The third kappa shape index (κ3) is 4.14. The molecule has 3 aromatic rings. The zero-order valence-electron chi connectivity index (χ0n) is 15.7. The number of halogens is 2. The van der Waals surface area contributed by atoms with Gasteiger partial charge in [-0.2, -0.15) is 0 Å². The zero-order chi connectivity index (χ0) is 19.5. The van der Waals surface area contributed by atoms with Crippen molar-refractivity contribution in [3.8, 4) is 11.3 Å². The van der Waals surface area contributed by atoms with Crippen molar-refractivity contribution in [1.29, 1.82) is 0 Å². The van der Waals surface area contributed by atoms with E-state index in [-0.39, 0.29) is 0 Å². The molecule has 1 saturated heterocycles. The highest BCUT2D eigenvalue weighted by Crippen LogP contribution is 2.31. The zero-order valence-corrected chi connectivity index (χ0v) is 17.2. The van der Waals surface area contributed by atoms with Crippen molar-refractivity contribution < 1.29 is 9.15 Å². The SMILES string of the molecule is Cc1c(Cl)cccc1-c1ccc(CNc2ccc(N3CCOCC3)c(Cl)c2)o1. The highest BCUT2D eigenvalue weighted by atomic mass is 35.5. The molecule has 2 heterocycles. The number of benzene rings is 2. The second-order valence-corrected chi connectivity index (χ2v) is 7.61. The molecule has 1 aliphatic rings. The molecular weight excluding hydrogens is 395 g/mol. The smallest absolute Gasteiger partial charge is 0.134 e. The summed E-state index contributed by atoms with van der Waals surface area (Å²) in [6.45, 7) is 5.78. The Kier molecular flexibility index (Phi) is 5.81. The molecular formula is C22H22Cl2N2O2. The highest BCUT2D eigenvalue weighted by Gasteiger charge is 2.14. The molecule has 0 atom stereocenters. The Labute approximate surface area is 175 Å². The van der Waals surface area contributed by atoms with E-state index in [1.165, 1.54) is 0 Å². The number of nitrogens with one attached hydrogen (secondary N) is 1. The summed E-state index contributed by atoms with van der Waals surface area (Å²) in [5, 5.41) is 4.85. The minimum absolute atomic E-state index is 0.576. The van der Waals surface area contributed by atoms with Gasteiger partial charge < -0.3 is 19.4 Å². The highest BCUT2D eigenvalue weighted by molar-refractivity contribution is 6.33. The van der Waals surface area contributed by atoms with Gasteiger partial charge in [0.15, 0.2) is 0 Å². The van der Waals surface area contributed by atoms with Gasteiger partial charge in [0.2, 0.25) is 0 Å². The van der Waals surface area contributed by atoms with Crippen molar-refractivity contribution >= 4 is 34.6 Å². The normalized spacial score (nSPS) is 14.3. The molecule has 146 valence electrons. The predicted octanol–water partition coefficient (Wildman–Crippen LogP) is 6.01. The molecule has 0 amide bonds. The van der Waals surface area contributed by atoms with Gasteiger partial charge >= 0.3 is 0 Å². The Morgan fingerprint density at radius 3 is 2.61 bits per heavy atom. The quantitative estimate of drug-likeness (QED) is 0.552. The minimum atomic E-state index is 0.576. The number of hydrogen-bond donors (Lipinski definition) is 1. The van der Waals surface area contributed by atoms with Crippen LogP contribution in [0.5, 0.6) is 0 Å². The number of nitrogens with zero attached hydrogens (tertiary/aromatic N) is 1. The maximum absolute atomic E-state index is 6.50. The maximum Gasteiger partial charge on any atom is 0.134 e. The van der Waals surface area contributed by atoms with Crippen LogP contribution >= 0.6 is 23.2 Å². The monoisotopic (exact) mass is 416 g/mol. The van der Waals surface area contributed by atoms with Crippen LogP contribution in [0.1, 0.15) is 11.3 Å². The average molecular weight is 417 g/mol. The lowest BCUT2D eigenvalue weighted by atomic mass is 10.1. The van der Waals surface area contributed by atoms with Gasteiger partial charge in [-0.25, -0.2) is 0 Å². The van der Waals surface area contributed by atoms with Crippen LogP contribution in [0.15, 0.2) is 52.9 Å². The summed E-state index contributed by atoms with van der Waals surface area (Å²) in [6.07, 6.45) is 0. The summed E-state index contributed by atoms with van der Waals surface area (Å²) < 4.78 is 11.4. The number of ether oxygens (including phenoxy) is 1. The summed E-state index contributed by atoms with van der Waals surface area (Å²) in [6, 6.07) is 15.8. The maximum atomic E-state index is 6.50.